The number of ether oxygens (including phenoxy) is 2. The Morgan fingerprint density at radius 2 is 2.00 bits per heavy atom. The molecule has 1 aliphatic rings. The maximum atomic E-state index is 14.1. The summed E-state index contributed by atoms with van der Waals surface area (Å²) in [6.45, 7) is 2.35. The van der Waals surface area contributed by atoms with Crippen LogP contribution < -0.4 is 4.74 Å². The van der Waals surface area contributed by atoms with Crippen molar-refractivity contribution in [2.24, 2.45) is 0 Å². The van der Waals surface area contributed by atoms with E-state index in [0.29, 0.717) is 40.5 Å². The van der Waals surface area contributed by atoms with Gasteiger partial charge in [0, 0.05) is 23.2 Å². The van der Waals surface area contributed by atoms with Crippen molar-refractivity contribution in [3.8, 4) is 11.9 Å². The van der Waals surface area contributed by atoms with Gasteiger partial charge in [-0.25, -0.2) is 19.2 Å². The number of fused-ring (bicyclic) bond motifs is 1. The summed E-state index contributed by atoms with van der Waals surface area (Å²) in [6, 6.07) is 17.0. The van der Waals surface area contributed by atoms with Crippen molar-refractivity contribution in [2.45, 2.75) is 31.9 Å². The van der Waals surface area contributed by atoms with E-state index >= 15 is 0 Å². The van der Waals surface area contributed by atoms with E-state index in [2.05, 4.69) is 14.9 Å². The third kappa shape index (κ3) is 5.60. The average molecular weight is 501 g/mol. The molecule has 0 saturated carbocycles. The van der Waals surface area contributed by atoms with Crippen LogP contribution in [-0.2, 0) is 17.9 Å². The molecule has 0 spiro atoms. The van der Waals surface area contributed by atoms with Crippen LogP contribution in [0.15, 0.2) is 59.0 Å². The number of halogens is 1. The van der Waals surface area contributed by atoms with Gasteiger partial charge < -0.3 is 13.9 Å². The number of hydrogen-bond donors (Lipinski definition) is 0. The van der Waals surface area contributed by atoms with Gasteiger partial charge in [-0.1, -0.05) is 12.1 Å². The van der Waals surface area contributed by atoms with E-state index in [1.165, 1.54) is 13.2 Å². The van der Waals surface area contributed by atoms with Crippen LogP contribution in [0.1, 0.15) is 51.8 Å². The molecule has 8 nitrogen and oxygen atoms in total. The molecule has 0 unspecified atom stereocenters. The summed E-state index contributed by atoms with van der Waals surface area (Å²) in [5.41, 5.74) is 3.31. The number of carbonyl (C=O) groups is 1. The smallest absolute Gasteiger partial charge is 0.337 e. The Morgan fingerprint density at radius 3 is 2.76 bits per heavy atom. The van der Waals surface area contributed by atoms with Gasteiger partial charge in [-0.3, -0.25) is 4.90 Å². The molecule has 188 valence electrons. The van der Waals surface area contributed by atoms with Crippen molar-refractivity contribution in [2.75, 3.05) is 20.2 Å². The molecule has 1 aliphatic heterocycles. The molecule has 0 radical (unpaired) electrons. The standard InChI is InChI=1S/C28H25FN4O4/c1-35-28(34)20-7-8-24-25(14-20)37-27(32-24)16-33-11-9-19(10-12-33)23-3-2-4-26(31-23)36-17-21-6-5-18(15-30)13-22(21)29/h2-8,13-14,19H,9-12,16-17H2,1H3. The van der Waals surface area contributed by atoms with Gasteiger partial charge in [-0.05, 0) is 62.3 Å². The van der Waals surface area contributed by atoms with E-state index in [-0.39, 0.29) is 18.1 Å². The first-order chi connectivity index (χ1) is 18.0. The summed E-state index contributed by atoms with van der Waals surface area (Å²) in [4.78, 5) is 23.3. The number of nitrogens with zero attached hydrogens (tertiary/aromatic N) is 4. The fourth-order valence-corrected chi connectivity index (χ4v) is 4.49. The van der Waals surface area contributed by atoms with Crippen LogP contribution in [0, 0.1) is 17.1 Å². The first-order valence-electron chi connectivity index (χ1n) is 12.0. The monoisotopic (exact) mass is 500 g/mol. The van der Waals surface area contributed by atoms with E-state index in [0.717, 1.165) is 31.6 Å². The number of carbonyl (C=O) groups excluding carboxylic acids is 1. The minimum atomic E-state index is -0.467. The molecule has 0 bridgehead atoms. The Kier molecular flexibility index (Phi) is 7.10. The minimum absolute atomic E-state index is 0.0397. The highest BCUT2D eigenvalue weighted by molar-refractivity contribution is 5.93. The van der Waals surface area contributed by atoms with Crippen molar-refractivity contribution in [1.82, 2.24) is 14.9 Å². The number of aromatic nitrogens is 2. The van der Waals surface area contributed by atoms with Crippen molar-refractivity contribution in [3.05, 3.63) is 88.7 Å². The van der Waals surface area contributed by atoms with Crippen LogP contribution in [-0.4, -0.2) is 41.0 Å². The second kappa shape index (κ2) is 10.8. The van der Waals surface area contributed by atoms with Crippen molar-refractivity contribution in [1.29, 1.82) is 5.26 Å². The van der Waals surface area contributed by atoms with Gasteiger partial charge in [0.2, 0.25) is 11.8 Å². The molecular formula is C28H25FN4O4. The summed E-state index contributed by atoms with van der Waals surface area (Å²) in [6.07, 6.45) is 1.85. The van der Waals surface area contributed by atoms with Crippen molar-refractivity contribution in [3.63, 3.8) is 0 Å². The summed E-state index contributed by atoms with van der Waals surface area (Å²) < 4.78 is 30.5. The van der Waals surface area contributed by atoms with Gasteiger partial charge >= 0.3 is 5.97 Å². The Balaban J connectivity index is 1.17. The van der Waals surface area contributed by atoms with Gasteiger partial charge in [0.05, 0.1) is 30.9 Å². The second-order valence-electron chi connectivity index (χ2n) is 8.94. The zero-order valence-electron chi connectivity index (χ0n) is 20.3. The van der Waals surface area contributed by atoms with Crippen LogP contribution in [0.2, 0.25) is 0 Å². The highest BCUT2D eigenvalue weighted by atomic mass is 19.1. The predicted octanol–water partition coefficient (Wildman–Crippen LogP) is 4.98. The van der Waals surface area contributed by atoms with Gasteiger partial charge in [-0.2, -0.15) is 5.26 Å². The largest absolute Gasteiger partial charge is 0.473 e. The number of oxazole rings is 1. The zero-order chi connectivity index (χ0) is 25.8. The molecule has 9 heteroatoms. The maximum absolute atomic E-state index is 14.1. The minimum Gasteiger partial charge on any atom is -0.473 e. The third-order valence-corrected chi connectivity index (χ3v) is 6.52. The van der Waals surface area contributed by atoms with Gasteiger partial charge in [0.25, 0.3) is 0 Å². The Bertz CT molecular complexity index is 1470. The number of pyridine rings is 1. The normalized spacial score (nSPS) is 14.4. The molecule has 0 N–H and O–H groups in total. The lowest BCUT2D eigenvalue weighted by atomic mass is 9.93. The molecule has 37 heavy (non-hydrogen) atoms. The van der Waals surface area contributed by atoms with Gasteiger partial charge in [0.1, 0.15) is 17.9 Å². The van der Waals surface area contributed by atoms with Crippen molar-refractivity contribution < 1.29 is 23.1 Å². The van der Waals surface area contributed by atoms with E-state index in [4.69, 9.17) is 19.2 Å². The van der Waals surface area contributed by atoms with Gasteiger partial charge in [-0.15, -0.1) is 0 Å². The summed E-state index contributed by atoms with van der Waals surface area (Å²) in [5, 5.41) is 8.89. The highest BCUT2D eigenvalue weighted by Gasteiger charge is 2.23. The number of hydrogen-bond acceptors (Lipinski definition) is 8. The number of likely N-dealkylation sites (tertiary alicyclic amines) is 1. The first kappa shape index (κ1) is 24.4. The Morgan fingerprint density at radius 1 is 1.16 bits per heavy atom. The molecule has 5 rings (SSSR count). The predicted molar refractivity (Wildman–Crippen MR) is 132 cm³/mol. The zero-order valence-corrected chi connectivity index (χ0v) is 20.3. The molecule has 3 heterocycles. The molecule has 4 aromatic rings. The van der Waals surface area contributed by atoms with Crippen LogP contribution in [0.4, 0.5) is 4.39 Å². The number of benzene rings is 2. The van der Waals surface area contributed by atoms with E-state index in [9.17, 15) is 9.18 Å². The number of piperidine rings is 1. The Labute approximate surface area is 213 Å². The molecule has 0 atom stereocenters. The lowest BCUT2D eigenvalue weighted by Gasteiger charge is -2.30. The molecular weight excluding hydrogens is 475 g/mol. The topological polar surface area (TPSA) is 101 Å². The average Bonchev–Trinajstić information content (AvgIpc) is 3.34. The molecule has 2 aromatic heterocycles. The fraction of sp³-hybridized carbons (Fsp3) is 0.286. The van der Waals surface area contributed by atoms with E-state index in [1.54, 1.807) is 36.4 Å². The lowest BCUT2D eigenvalue weighted by Crippen LogP contribution is -2.32. The second-order valence-corrected chi connectivity index (χ2v) is 8.94. The number of esters is 1. The highest BCUT2D eigenvalue weighted by Crippen LogP contribution is 2.29. The van der Waals surface area contributed by atoms with Gasteiger partial charge in [0.15, 0.2) is 5.58 Å². The summed E-state index contributed by atoms with van der Waals surface area (Å²) in [5.74, 6) is 0.468. The molecule has 0 aliphatic carbocycles. The summed E-state index contributed by atoms with van der Waals surface area (Å²) >= 11 is 0. The molecule has 0 amide bonds. The van der Waals surface area contributed by atoms with E-state index < -0.39 is 11.8 Å². The number of rotatable bonds is 7. The fourth-order valence-electron chi connectivity index (χ4n) is 4.49. The maximum Gasteiger partial charge on any atom is 0.337 e. The van der Waals surface area contributed by atoms with Crippen molar-refractivity contribution >= 4 is 17.1 Å². The number of methoxy groups -OCH3 is 1. The molecule has 1 fully saturated rings. The van der Waals surface area contributed by atoms with Crippen LogP contribution in [0.3, 0.4) is 0 Å². The van der Waals surface area contributed by atoms with Crippen LogP contribution >= 0.6 is 0 Å². The summed E-state index contributed by atoms with van der Waals surface area (Å²) in [7, 11) is 1.35. The van der Waals surface area contributed by atoms with Crippen LogP contribution in [0.25, 0.3) is 11.1 Å². The first-order valence-corrected chi connectivity index (χ1v) is 12.0. The van der Waals surface area contributed by atoms with E-state index in [1.807, 2.05) is 18.2 Å². The molecule has 1 saturated heterocycles. The quantitative estimate of drug-likeness (QED) is 0.328. The third-order valence-electron chi connectivity index (χ3n) is 6.52. The SMILES string of the molecule is COC(=O)c1ccc2nc(CN3CCC(c4cccc(OCc5ccc(C#N)cc5F)n4)CC3)oc2c1. The Hall–Kier alpha value is -4.29. The lowest BCUT2D eigenvalue weighted by molar-refractivity contribution is 0.0600. The number of nitriles is 1. The van der Waals surface area contributed by atoms with Crippen LogP contribution in [0.5, 0.6) is 5.88 Å². The molecule has 2 aromatic carbocycles.